The van der Waals surface area contributed by atoms with Crippen molar-refractivity contribution < 1.29 is 4.74 Å². The fraction of sp³-hybridized carbons (Fsp3) is 0.818. The van der Waals surface area contributed by atoms with Crippen LogP contribution in [0.25, 0.3) is 0 Å². The zero-order valence-corrected chi connectivity index (χ0v) is 9.80. The molecule has 0 aliphatic carbocycles. The Hall–Kier alpha value is -0.940. The van der Waals surface area contributed by atoms with Crippen LogP contribution in [-0.2, 0) is 18.2 Å². The first-order valence-corrected chi connectivity index (χ1v) is 5.96. The van der Waals surface area contributed by atoms with Crippen molar-refractivity contribution >= 4 is 0 Å². The minimum atomic E-state index is 0.117. The van der Waals surface area contributed by atoms with Gasteiger partial charge in [-0.25, -0.2) is 4.98 Å². The Labute approximate surface area is 96.0 Å². The summed E-state index contributed by atoms with van der Waals surface area (Å²) < 4.78 is 7.45. The first-order valence-electron chi connectivity index (χ1n) is 5.96. The molecule has 1 aliphatic heterocycles. The van der Waals surface area contributed by atoms with E-state index in [1.807, 2.05) is 7.05 Å². The lowest BCUT2D eigenvalue weighted by atomic mass is 10.0. The van der Waals surface area contributed by atoms with Crippen molar-refractivity contribution in [2.75, 3.05) is 6.61 Å². The largest absolute Gasteiger partial charge is 0.378 e. The van der Waals surface area contributed by atoms with E-state index in [2.05, 4.69) is 10.1 Å². The molecule has 16 heavy (non-hydrogen) atoms. The number of nitrogens with two attached hydrogens (primary N) is 1. The van der Waals surface area contributed by atoms with Crippen molar-refractivity contribution in [3.8, 4) is 0 Å². The highest BCUT2D eigenvalue weighted by molar-refractivity contribution is 4.88. The molecule has 0 spiro atoms. The van der Waals surface area contributed by atoms with Crippen LogP contribution in [0, 0.1) is 0 Å². The van der Waals surface area contributed by atoms with Crippen LogP contribution in [0.15, 0.2) is 6.33 Å². The van der Waals surface area contributed by atoms with Crippen molar-refractivity contribution in [1.82, 2.24) is 14.8 Å². The fourth-order valence-electron chi connectivity index (χ4n) is 2.15. The van der Waals surface area contributed by atoms with Gasteiger partial charge in [-0.15, -0.1) is 0 Å². The third-order valence-electron chi connectivity index (χ3n) is 3.09. The lowest BCUT2D eigenvalue weighted by Crippen LogP contribution is -2.32. The molecule has 2 N–H and O–H groups in total. The van der Waals surface area contributed by atoms with Crippen molar-refractivity contribution in [3.63, 3.8) is 0 Å². The quantitative estimate of drug-likeness (QED) is 0.815. The second kappa shape index (κ2) is 5.41. The third kappa shape index (κ3) is 3.02. The van der Waals surface area contributed by atoms with Crippen molar-refractivity contribution in [2.24, 2.45) is 12.8 Å². The summed E-state index contributed by atoms with van der Waals surface area (Å²) in [7, 11) is 1.90. The van der Waals surface area contributed by atoms with E-state index in [9.17, 15) is 0 Å². The van der Waals surface area contributed by atoms with E-state index in [1.54, 1.807) is 11.0 Å². The molecule has 2 atom stereocenters. The normalized spacial score (nSPS) is 23.2. The first-order chi connectivity index (χ1) is 7.75. The average molecular weight is 224 g/mol. The average Bonchev–Trinajstić information content (AvgIpc) is 2.66. The molecule has 2 rings (SSSR count). The van der Waals surface area contributed by atoms with Gasteiger partial charge in [-0.3, -0.25) is 4.68 Å². The van der Waals surface area contributed by atoms with Gasteiger partial charge in [-0.2, -0.15) is 5.10 Å². The van der Waals surface area contributed by atoms with Gasteiger partial charge in [0.05, 0.1) is 6.10 Å². The summed E-state index contributed by atoms with van der Waals surface area (Å²) >= 11 is 0. The van der Waals surface area contributed by atoms with E-state index in [-0.39, 0.29) is 6.04 Å². The summed E-state index contributed by atoms with van der Waals surface area (Å²) in [6, 6.07) is 0.117. The monoisotopic (exact) mass is 224 g/mol. The van der Waals surface area contributed by atoms with Crippen LogP contribution in [0.1, 0.15) is 31.5 Å². The molecule has 1 aliphatic rings. The Morgan fingerprint density at radius 1 is 1.62 bits per heavy atom. The number of aromatic nitrogens is 3. The zero-order valence-electron chi connectivity index (χ0n) is 9.80. The minimum absolute atomic E-state index is 0.117. The first kappa shape index (κ1) is 11.5. The van der Waals surface area contributed by atoms with Gasteiger partial charge in [0.25, 0.3) is 0 Å². The fourth-order valence-corrected chi connectivity index (χ4v) is 2.15. The number of rotatable bonds is 4. The molecule has 0 bridgehead atoms. The molecule has 90 valence electrons. The molecule has 1 fully saturated rings. The topological polar surface area (TPSA) is 66.0 Å². The second-order valence-electron chi connectivity index (χ2n) is 4.49. The molecule has 1 aromatic rings. The summed E-state index contributed by atoms with van der Waals surface area (Å²) in [5.41, 5.74) is 6.10. The predicted molar refractivity (Wildman–Crippen MR) is 60.9 cm³/mol. The third-order valence-corrected chi connectivity index (χ3v) is 3.09. The number of hydrogen-bond donors (Lipinski definition) is 1. The second-order valence-corrected chi connectivity index (χ2v) is 4.49. The predicted octanol–water partition coefficient (Wildman–Crippen LogP) is 0.644. The molecule has 0 aromatic carbocycles. The number of nitrogens with zero attached hydrogens (tertiary/aromatic N) is 3. The maximum absolute atomic E-state index is 6.10. The molecular formula is C11H20N4O. The van der Waals surface area contributed by atoms with Crippen LogP contribution >= 0.6 is 0 Å². The van der Waals surface area contributed by atoms with E-state index < -0.39 is 0 Å². The highest BCUT2D eigenvalue weighted by atomic mass is 16.5. The molecule has 5 nitrogen and oxygen atoms in total. The van der Waals surface area contributed by atoms with Gasteiger partial charge >= 0.3 is 0 Å². The lowest BCUT2D eigenvalue weighted by molar-refractivity contribution is 0.00734. The van der Waals surface area contributed by atoms with E-state index in [0.717, 1.165) is 31.7 Å². The molecule has 0 radical (unpaired) electrons. The molecule has 0 amide bonds. The number of ether oxygens (including phenoxy) is 1. The van der Waals surface area contributed by atoms with E-state index in [1.165, 1.54) is 12.8 Å². The lowest BCUT2D eigenvalue weighted by Gasteiger charge is -2.25. The van der Waals surface area contributed by atoms with Crippen LogP contribution in [0.2, 0.25) is 0 Å². The van der Waals surface area contributed by atoms with Crippen LogP contribution in [0.5, 0.6) is 0 Å². The molecule has 2 unspecified atom stereocenters. The van der Waals surface area contributed by atoms with Gasteiger partial charge in [-0.05, 0) is 25.7 Å². The Balaban J connectivity index is 1.79. The number of aryl methyl sites for hydroxylation is 1. The van der Waals surface area contributed by atoms with E-state index >= 15 is 0 Å². The van der Waals surface area contributed by atoms with Crippen LogP contribution in [-0.4, -0.2) is 33.5 Å². The van der Waals surface area contributed by atoms with Gasteiger partial charge in [0.1, 0.15) is 12.2 Å². The summed E-state index contributed by atoms with van der Waals surface area (Å²) in [5, 5.41) is 4.04. The van der Waals surface area contributed by atoms with Crippen molar-refractivity contribution in [3.05, 3.63) is 12.2 Å². The molecule has 1 saturated heterocycles. The highest BCUT2D eigenvalue weighted by Gasteiger charge is 2.18. The Morgan fingerprint density at radius 3 is 3.12 bits per heavy atom. The molecule has 1 aromatic heterocycles. The minimum Gasteiger partial charge on any atom is -0.378 e. The Kier molecular flexibility index (Phi) is 3.90. The smallest absolute Gasteiger partial charge is 0.138 e. The molecule has 0 saturated carbocycles. The summed E-state index contributed by atoms with van der Waals surface area (Å²) in [4.78, 5) is 4.18. The van der Waals surface area contributed by atoms with Gasteiger partial charge in [-0.1, -0.05) is 0 Å². The Morgan fingerprint density at radius 2 is 2.50 bits per heavy atom. The van der Waals surface area contributed by atoms with Crippen LogP contribution in [0.3, 0.4) is 0 Å². The summed E-state index contributed by atoms with van der Waals surface area (Å²) in [6.07, 6.45) is 7.21. The molecular weight excluding hydrogens is 204 g/mol. The number of hydrogen-bond acceptors (Lipinski definition) is 4. The van der Waals surface area contributed by atoms with Crippen molar-refractivity contribution in [2.45, 2.75) is 44.2 Å². The maximum atomic E-state index is 6.10. The zero-order chi connectivity index (χ0) is 11.4. The van der Waals surface area contributed by atoms with Crippen LogP contribution < -0.4 is 5.73 Å². The molecule has 5 heteroatoms. The van der Waals surface area contributed by atoms with E-state index in [0.29, 0.717) is 6.10 Å². The Bertz CT molecular complexity index is 320. The maximum Gasteiger partial charge on any atom is 0.138 e. The van der Waals surface area contributed by atoms with Crippen molar-refractivity contribution in [1.29, 1.82) is 0 Å². The van der Waals surface area contributed by atoms with Gasteiger partial charge < -0.3 is 10.5 Å². The summed E-state index contributed by atoms with van der Waals surface area (Å²) in [5.74, 6) is 0.948. The molecule has 2 heterocycles. The summed E-state index contributed by atoms with van der Waals surface area (Å²) in [6.45, 7) is 0.890. The SMILES string of the molecule is Cn1ncnc1CC(N)CC1CCCCO1. The van der Waals surface area contributed by atoms with E-state index in [4.69, 9.17) is 10.5 Å². The van der Waals surface area contributed by atoms with Crippen LogP contribution in [0.4, 0.5) is 0 Å². The van der Waals surface area contributed by atoms with Gasteiger partial charge in [0.2, 0.25) is 0 Å². The van der Waals surface area contributed by atoms with Gasteiger partial charge in [0, 0.05) is 26.1 Å². The highest BCUT2D eigenvalue weighted by Crippen LogP contribution is 2.17. The standard InChI is InChI=1S/C11H20N4O/c1-15-11(13-8-14-15)7-9(12)6-10-4-2-3-5-16-10/h8-10H,2-7,12H2,1H3. The van der Waals surface area contributed by atoms with Gasteiger partial charge in [0.15, 0.2) is 0 Å².